The first kappa shape index (κ1) is 22.8. The van der Waals surface area contributed by atoms with Crippen molar-refractivity contribution in [2.45, 2.75) is 38.2 Å². The van der Waals surface area contributed by atoms with Crippen molar-refractivity contribution in [3.63, 3.8) is 0 Å². The Balaban J connectivity index is 1.28. The van der Waals surface area contributed by atoms with Gasteiger partial charge in [0.05, 0.1) is 18.0 Å². The molecular formula is C23H30ClN5O3. The Kier molecular flexibility index (Phi) is 7.13. The summed E-state index contributed by atoms with van der Waals surface area (Å²) >= 11 is 6.14. The SMILES string of the molecule is CC1(O)CCN(c2ncc(OCCN3CCC(=O)Nc4ccc(Cl)cc4CC3)cn2)CC1. The number of benzene rings is 1. The van der Waals surface area contributed by atoms with Crippen LogP contribution in [0.3, 0.4) is 0 Å². The van der Waals surface area contributed by atoms with E-state index in [1.807, 2.05) is 19.1 Å². The monoisotopic (exact) mass is 459 g/mol. The molecule has 2 aliphatic rings. The van der Waals surface area contributed by atoms with Crippen molar-refractivity contribution in [3.8, 4) is 5.75 Å². The molecule has 0 atom stereocenters. The molecule has 1 fully saturated rings. The lowest BCUT2D eigenvalue weighted by Gasteiger charge is -2.35. The van der Waals surface area contributed by atoms with E-state index in [-0.39, 0.29) is 5.91 Å². The van der Waals surface area contributed by atoms with E-state index < -0.39 is 5.60 Å². The van der Waals surface area contributed by atoms with Crippen LogP contribution in [0.5, 0.6) is 5.75 Å². The van der Waals surface area contributed by atoms with Gasteiger partial charge >= 0.3 is 0 Å². The van der Waals surface area contributed by atoms with Gasteiger partial charge in [0.1, 0.15) is 6.61 Å². The molecule has 8 nitrogen and oxygen atoms in total. The minimum Gasteiger partial charge on any atom is -0.489 e. The van der Waals surface area contributed by atoms with Gasteiger partial charge in [-0.25, -0.2) is 9.97 Å². The fraction of sp³-hybridized carbons (Fsp3) is 0.522. The van der Waals surface area contributed by atoms with Crippen molar-refractivity contribution in [1.29, 1.82) is 0 Å². The Bertz CT molecular complexity index is 928. The molecule has 1 saturated heterocycles. The number of hydrogen-bond donors (Lipinski definition) is 2. The van der Waals surface area contributed by atoms with Crippen LogP contribution in [0.15, 0.2) is 30.6 Å². The number of halogens is 1. The number of carbonyl (C=O) groups is 1. The predicted octanol–water partition coefficient (Wildman–Crippen LogP) is 2.75. The third-order valence-electron chi connectivity index (χ3n) is 6.11. The molecule has 3 heterocycles. The number of nitrogens with zero attached hydrogens (tertiary/aromatic N) is 4. The number of fused-ring (bicyclic) bond motifs is 1. The molecule has 2 N–H and O–H groups in total. The van der Waals surface area contributed by atoms with E-state index in [0.29, 0.717) is 55.7 Å². The number of hydrogen-bond acceptors (Lipinski definition) is 7. The molecule has 1 amide bonds. The van der Waals surface area contributed by atoms with Gasteiger partial charge in [-0.3, -0.25) is 9.69 Å². The highest BCUT2D eigenvalue weighted by atomic mass is 35.5. The summed E-state index contributed by atoms with van der Waals surface area (Å²) in [4.78, 5) is 25.4. The van der Waals surface area contributed by atoms with Gasteiger partial charge in [-0.15, -0.1) is 0 Å². The van der Waals surface area contributed by atoms with E-state index in [1.54, 1.807) is 18.5 Å². The van der Waals surface area contributed by atoms with Gasteiger partial charge < -0.3 is 20.1 Å². The van der Waals surface area contributed by atoms with Crippen molar-refractivity contribution in [2.24, 2.45) is 0 Å². The number of aromatic nitrogens is 2. The first-order chi connectivity index (χ1) is 15.4. The number of carbonyl (C=O) groups excluding carboxylic acids is 1. The zero-order valence-electron chi connectivity index (χ0n) is 18.4. The molecule has 4 rings (SSSR count). The van der Waals surface area contributed by atoms with Crippen LogP contribution in [0.25, 0.3) is 0 Å². The lowest BCUT2D eigenvalue weighted by molar-refractivity contribution is -0.116. The standard InChI is InChI=1S/C23H30ClN5O3/c1-23(31)6-10-29(11-7-23)22-25-15-19(16-26-22)32-13-12-28-8-4-17-14-18(24)2-3-20(17)27-21(30)5-9-28/h2-3,14-16,31H,4-13H2,1H3,(H,27,30). The maximum Gasteiger partial charge on any atom is 0.225 e. The normalized spacial score (nSPS) is 19.3. The van der Waals surface area contributed by atoms with E-state index in [0.717, 1.165) is 37.3 Å². The second kappa shape index (κ2) is 10.0. The Morgan fingerprint density at radius 3 is 2.62 bits per heavy atom. The predicted molar refractivity (Wildman–Crippen MR) is 124 cm³/mol. The van der Waals surface area contributed by atoms with Gasteiger partial charge in [0.15, 0.2) is 5.75 Å². The number of rotatable bonds is 5. The lowest BCUT2D eigenvalue weighted by Crippen LogP contribution is -2.43. The number of aliphatic hydroxyl groups is 1. The van der Waals surface area contributed by atoms with Gasteiger partial charge in [0.2, 0.25) is 11.9 Å². The highest BCUT2D eigenvalue weighted by Crippen LogP contribution is 2.25. The van der Waals surface area contributed by atoms with Crippen LogP contribution in [0.1, 0.15) is 31.7 Å². The molecule has 0 aliphatic carbocycles. The fourth-order valence-electron chi connectivity index (χ4n) is 4.01. The van der Waals surface area contributed by atoms with Crippen molar-refractivity contribution in [1.82, 2.24) is 14.9 Å². The summed E-state index contributed by atoms with van der Waals surface area (Å²) in [5.41, 5.74) is 1.29. The van der Waals surface area contributed by atoms with Gasteiger partial charge in [-0.05, 0) is 49.9 Å². The largest absolute Gasteiger partial charge is 0.489 e. The highest BCUT2D eigenvalue weighted by Gasteiger charge is 2.28. The maximum absolute atomic E-state index is 12.2. The molecular weight excluding hydrogens is 430 g/mol. The van der Waals surface area contributed by atoms with E-state index in [1.165, 1.54) is 0 Å². The Labute approximate surface area is 193 Å². The highest BCUT2D eigenvalue weighted by molar-refractivity contribution is 6.30. The Morgan fingerprint density at radius 1 is 1.16 bits per heavy atom. The number of amides is 1. The molecule has 2 aromatic rings. The van der Waals surface area contributed by atoms with E-state index >= 15 is 0 Å². The van der Waals surface area contributed by atoms with Crippen molar-refractivity contribution in [2.75, 3.05) is 49.5 Å². The van der Waals surface area contributed by atoms with Crippen LogP contribution in [-0.4, -0.2) is 70.8 Å². The third-order valence-corrected chi connectivity index (χ3v) is 6.34. The smallest absolute Gasteiger partial charge is 0.225 e. The van der Waals surface area contributed by atoms with Crippen LogP contribution < -0.4 is 15.0 Å². The number of nitrogens with one attached hydrogen (secondary N) is 1. The second-order valence-corrected chi connectivity index (χ2v) is 9.18. The molecule has 0 radical (unpaired) electrons. The molecule has 1 aromatic carbocycles. The summed E-state index contributed by atoms with van der Waals surface area (Å²) in [6.45, 7) is 6.03. The zero-order valence-corrected chi connectivity index (χ0v) is 19.1. The Hall–Kier alpha value is -2.42. The first-order valence-corrected chi connectivity index (χ1v) is 11.5. The maximum atomic E-state index is 12.2. The van der Waals surface area contributed by atoms with Gasteiger partial charge in [-0.2, -0.15) is 0 Å². The molecule has 9 heteroatoms. The molecule has 32 heavy (non-hydrogen) atoms. The second-order valence-electron chi connectivity index (χ2n) is 8.74. The fourth-order valence-corrected chi connectivity index (χ4v) is 4.20. The summed E-state index contributed by atoms with van der Waals surface area (Å²) in [5.74, 6) is 1.29. The minimum absolute atomic E-state index is 0.00426. The van der Waals surface area contributed by atoms with E-state index in [9.17, 15) is 9.90 Å². The van der Waals surface area contributed by atoms with Crippen molar-refractivity contribution >= 4 is 29.1 Å². The lowest BCUT2D eigenvalue weighted by atomic mass is 9.94. The molecule has 0 spiro atoms. The minimum atomic E-state index is -0.597. The number of anilines is 2. The summed E-state index contributed by atoms with van der Waals surface area (Å²) < 4.78 is 5.86. The molecule has 2 aliphatic heterocycles. The average Bonchev–Trinajstić information content (AvgIpc) is 2.84. The number of ether oxygens (including phenoxy) is 1. The zero-order chi connectivity index (χ0) is 22.6. The van der Waals surface area contributed by atoms with E-state index in [2.05, 4.69) is 25.1 Å². The summed E-state index contributed by atoms with van der Waals surface area (Å²) in [6, 6.07) is 5.58. The third kappa shape index (κ3) is 6.09. The van der Waals surface area contributed by atoms with Crippen LogP contribution in [0, 0.1) is 0 Å². The molecule has 0 saturated carbocycles. The van der Waals surface area contributed by atoms with Gasteiger partial charge in [0, 0.05) is 49.9 Å². The van der Waals surface area contributed by atoms with Gasteiger partial charge in [0.25, 0.3) is 0 Å². The van der Waals surface area contributed by atoms with Crippen molar-refractivity contribution in [3.05, 3.63) is 41.2 Å². The topological polar surface area (TPSA) is 90.8 Å². The first-order valence-electron chi connectivity index (χ1n) is 11.1. The molecule has 0 bridgehead atoms. The van der Waals surface area contributed by atoms with Crippen LogP contribution in [0.4, 0.5) is 11.6 Å². The quantitative estimate of drug-likeness (QED) is 0.710. The van der Waals surface area contributed by atoms with Crippen LogP contribution >= 0.6 is 11.6 Å². The Morgan fingerprint density at radius 2 is 1.88 bits per heavy atom. The van der Waals surface area contributed by atoms with Gasteiger partial charge in [-0.1, -0.05) is 11.6 Å². The molecule has 172 valence electrons. The molecule has 1 aromatic heterocycles. The average molecular weight is 460 g/mol. The van der Waals surface area contributed by atoms with Crippen LogP contribution in [0.2, 0.25) is 5.02 Å². The van der Waals surface area contributed by atoms with Crippen LogP contribution in [-0.2, 0) is 11.2 Å². The summed E-state index contributed by atoms with van der Waals surface area (Å²) in [7, 11) is 0. The summed E-state index contributed by atoms with van der Waals surface area (Å²) in [6.07, 6.45) is 6.04. The molecule has 0 unspecified atom stereocenters. The van der Waals surface area contributed by atoms with E-state index in [4.69, 9.17) is 16.3 Å². The number of piperidine rings is 1. The summed E-state index contributed by atoms with van der Waals surface area (Å²) in [5, 5.41) is 13.7. The van der Waals surface area contributed by atoms with Crippen molar-refractivity contribution < 1.29 is 14.6 Å².